The highest BCUT2D eigenvalue weighted by Crippen LogP contribution is 2.39. The molecule has 3 nitrogen and oxygen atoms in total. The average molecular weight is 164 g/mol. The molecule has 1 aromatic rings. The van der Waals surface area contributed by atoms with Gasteiger partial charge < -0.3 is 4.57 Å². The predicted octanol–water partition coefficient (Wildman–Crippen LogP) is 0.966. The molecule has 0 aromatic carbocycles. The van der Waals surface area contributed by atoms with E-state index in [2.05, 4.69) is 4.98 Å². The lowest BCUT2D eigenvalue weighted by Crippen LogP contribution is -2.21. The molecular formula is C9H12N2O. The first-order chi connectivity index (χ1) is 5.68. The summed E-state index contributed by atoms with van der Waals surface area (Å²) in [5, 5.41) is 0. The van der Waals surface area contributed by atoms with Gasteiger partial charge in [0.15, 0.2) is 0 Å². The highest BCUT2D eigenvalue weighted by Gasteiger charge is 2.26. The van der Waals surface area contributed by atoms with Gasteiger partial charge in [0, 0.05) is 19.2 Å². The van der Waals surface area contributed by atoms with Crippen molar-refractivity contribution in [3.8, 4) is 0 Å². The van der Waals surface area contributed by atoms with Crippen LogP contribution in [-0.2, 0) is 7.05 Å². The van der Waals surface area contributed by atoms with Crippen LogP contribution in [0.1, 0.15) is 30.0 Å². The molecule has 12 heavy (non-hydrogen) atoms. The van der Waals surface area contributed by atoms with Gasteiger partial charge in [0.05, 0.1) is 5.69 Å². The molecule has 0 spiro atoms. The molecule has 2 rings (SSSR count). The van der Waals surface area contributed by atoms with E-state index in [1.54, 1.807) is 7.05 Å². The van der Waals surface area contributed by atoms with Crippen molar-refractivity contribution in [1.29, 1.82) is 0 Å². The Balaban J connectivity index is 2.54. The number of nitrogens with zero attached hydrogens (tertiary/aromatic N) is 2. The zero-order valence-electron chi connectivity index (χ0n) is 7.37. The summed E-state index contributed by atoms with van der Waals surface area (Å²) in [6, 6.07) is 0. The first-order valence-corrected chi connectivity index (χ1v) is 4.22. The van der Waals surface area contributed by atoms with E-state index >= 15 is 0 Å². The molecule has 0 unspecified atom stereocenters. The van der Waals surface area contributed by atoms with E-state index in [0.717, 1.165) is 11.3 Å². The molecule has 1 aromatic heterocycles. The first kappa shape index (κ1) is 7.53. The highest BCUT2D eigenvalue weighted by atomic mass is 16.1. The molecule has 0 bridgehead atoms. The molecule has 1 heterocycles. The van der Waals surface area contributed by atoms with Crippen LogP contribution in [0.25, 0.3) is 0 Å². The number of aromatic nitrogens is 2. The van der Waals surface area contributed by atoms with E-state index in [4.69, 9.17) is 0 Å². The van der Waals surface area contributed by atoms with Crippen LogP contribution in [-0.4, -0.2) is 9.55 Å². The second-order valence-corrected chi connectivity index (χ2v) is 3.48. The zero-order chi connectivity index (χ0) is 8.72. The number of rotatable bonds is 1. The molecule has 1 aliphatic rings. The summed E-state index contributed by atoms with van der Waals surface area (Å²) in [6.07, 6.45) is 4.25. The monoisotopic (exact) mass is 164 g/mol. The topological polar surface area (TPSA) is 34.9 Å². The largest absolute Gasteiger partial charge is 0.347 e. The highest BCUT2D eigenvalue weighted by molar-refractivity contribution is 5.22. The van der Waals surface area contributed by atoms with Gasteiger partial charge in [-0.3, -0.25) is 0 Å². The lowest BCUT2D eigenvalue weighted by atomic mass is 10.2. The molecule has 0 amide bonds. The minimum absolute atomic E-state index is 0.137. The molecule has 0 N–H and O–H groups in total. The van der Waals surface area contributed by atoms with E-state index < -0.39 is 0 Å². The summed E-state index contributed by atoms with van der Waals surface area (Å²) in [4.78, 5) is 15.2. The number of hydrogen-bond donors (Lipinski definition) is 0. The van der Waals surface area contributed by atoms with Crippen molar-refractivity contribution < 1.29 is 0 Å². The van der Waals surface area contributed by atoms with E-state index in [1.165, 1.54) is 17.4 Å². The van der Waals surface area contributed by atoms with Crippen molar-refractivity contribution in [3.05, 3.63) is 27.9 Å². The van der Waals surface area contributed by atoms with Gasteiger partial charge in [0.25, 0.3) is 0 Å². The van der Waals surface area contributed by atoms with E-state index in [1.807, 2.05) is 13.1 Å². The Morgan fingerprint density at radius 1 is 1.58 bits per heavy atom. The van der Waals surface area contributed by atoms with Gasteiger partial charge in [-0.05, 0) is 25.3 Å². The summed E-state index contributed by atoms with van der Waals surface area (Å²) in [5.41, 5.74) is 2.01. The predicted molar refractivity (Wildman–Crippen MR) is 46.2 cm³/mol. The standard InChI is InChI=1S/C9H12N2O/c1-6-5-11(2)9(12)10-8(6)7-3-4-7/h5,7H,3-4H2,1-2H3. The Bertz CT molecular complexity index is 363. The first-order valence-electron chi connectivity index (χ1n) is 4.22. The van der Waals surface area contributed by atoms with Gasteiger partial charge in [0.2, 0.25) is 0 Å². The summed E-state index contributed by atoms with van der Waals surface area (Å²) >= 11 is 0. The van der Waals surface area contributed by atoms with Gasteiger partial charge >= 0.3 is 5.69 Å². The summed E-state index contributed by atoms with van der Waals surface area (Å²) < 4.78 is 1.53. The second kappa shape index (κ2) is 2.44. The molecule has 64 valence electrons. The fourth-order valence-electron chi connectivity index (χ4n) is 1.45. The van der Waals surface area contributed by atoms with Crippen molar-refractivity contribution in [2.24, 2.45) is 7.05 Å². The smallest absolute Gasteiger partial charge is 0.302 e. The molecule has 0 atom stereocenters. The van der Waals surface area contributed by atoms with Gasteiger partial charge in [-0.15, -0.1) is 0 Å². The van der Waals surface area contributed by atoms with Crippen molar-refractivity contribution in [1.82, 2.24) is 9.55 Å². The van der Waals surface area contributed by atoms with Gasteiger partial charge in [-0.25, -0.2) is 4.79 Å². The molecule has 1 saturated carbocycles. The van der Waals surface area contributed by atoms with Gasteiger partial charge in [-0.1, -0.05) is 0 Å². The Morgan fingerprint density at radius 2 is 2.25 bits per heavy atom. The molecule has 0 radical (unpaired) electrons. The molecule has 1 aliphatic carbocycles. The normalized spacial score (nSPS) is 16.5. The lowest BCUT2D eigenvalue weighted by molar-refractivity contribution is 0.772. The van der Waals surface area contributed by atoms with Crippen LogP contribution in [0.4, 0.5) is 0 Å². The van der Waals surface area contributed by atoms with Crippen molar-refractivity contribution in [2.75, 3.05) is 0 Å². The fourth-order valence-corrected chi connectivity index (χ4v) is 1.45. The van der Waals surface area contributed by atoms with E-state index in [0.29, 0.717) is 5.92 Å². The Hall–Kier alpha value is -1.12. The average Bonchev–Trinajstić information content (AvgIpc) is 2.79. The van der Waals surface area contributed by atoms with Crippen molar-refractivity contribution >= 4 is 0 Å². The zero-order valence-corrected chi connectivity index (χ0v) is 7.37. The van der Waals surface area contributed by atoms with Crippen LogP contribution < -0.4 is 5.69 Å². The second-order valence-electron chi connectivity index (χ2n) is 3.48. The summed E-state index contributed by atoms with van der Waals surface area (Å²) in [5.74, 6) is 0.568. The minimum atomic E-state index is -0.137. The molecule has 3 heteroatoms. The van der Waals surface area contributed by atoms with Crippen LogP contribution in [0.2, 0.25) is 0 Å². The lowest BCUT2D eigenvalue weighted by Gasteiger charge is -2.03. The summed E-state index contributed by atoms with van der Waals surface area (Å²) in [7, 11) is 1.74. The maximum absolute atomic E-state index is 11.2. The third-order valence-corrected chi connectivity index (χ3v) is 2.27. The molecule has 0 saturated heterocycles. The maximum atomic E-state index is 11.2. The van der Waals surface area contributed by atoms with Crippen LogP contribution in [0.15, 0.2) is 11.0 Å². The third-order valence-electron chi connectivity index (χ3n) is 2.27. The number of hydrogen-bond acceptors (Lipinski definition) is 2. The van der Waals surface area contributed by atoms with Crippen molar-refractivity contribution in [3.63, 3.8) is 0 Å². The summed E-state index contributed by atoms with van der Waals surface area (Å²) in [6.45, 7) is 2.01. The van der Waals surface area contributed by atoms with Crippen LogP contribution >= 0.6 is 0 Å². The fraction of sp³-hybridized carbons (Fsp3) is 0.556. The van der Waals surface area contributed by atoms with E-state index in [9.17, 15) is 4.79 Å². The van der Waals surface area contributed by atoms with Crippen LogP contribution in [0, 0.1) is 6.92 Å². The Kier molecular flexibility index (Phi) is 1.53. The van der Waals surface area contributed by atoms with Gasteiger partial charge in [0.1, 0.15) is 0 Å². The van der Waals surface area contributed by atoms with Gasteiger partial charge in [-0.2, -0.15) is 4.98 Å². The SMILES string of the molecule is Cc1cn(C)c(=O)nc1C1CC1. The molecule has 0 aliphatic heterocycles. The third kappa shape index (κ3) is 1.15. The minimum Gasteiger partial charge on any atom is -0.302 e. The Labute approximate surface area is 71.1 Å². The van der Waals surface area contributed by atoms with E-state index in [-0.39, 0.29) is 5.69 Å². The van der Waals surface area contributed by atoms with Crippen molar-refractivity contribution in [2.45, 2.75) is 25.7 Å². The number of aryl methyl sites for hydroxylation is 2. The van der Waals surface area contributed by atoms with Crippen LogP contribution in [0.3, 0.4) is 0 Å². The Morgan fingerprint density at radius 3 is 2.83 bits per heavy atom. The quantitative estimate of drug-likeness (QED) is 0.619. The van der Waals surface area contributed by atoms with Crippen LogP contribution in [0.5, 0.6) is 0 Å². The molecule has 1 fully saturated rings. The molecular weight excluding hydrogens is 152 g/mol. The maximum Gasteiger partial charge on any atom is 0.347 e.